The monoisotopic (exact) mass is 568 g/mol. The molecule has 1 amide bonds. The summed E-state index contributed by atoms with van der Waals surface area (Å²) < 4.78 is 34.1. The summed E-state index contributed by atoms with van der Waals surface area (Å²) in [6.07, 6.45) is 2.25. The van der Waals surface area contributed by atoms with E-state index >= 15 is 0 Å². The van der Waals surface area contributed by atoms with Gasteiger partial charge in [-0.05, 0) is 76.3 Å². The van der Waals surface area contributed by atoms with Gasteiger partial charge in [0.25, 0.3) is 5.91 Å². The molecular weight excluding hydrogens is 532 g/mol. The molecule has 0 aliphatic heterocycles. The van der Waals surface area contributed by atoms with E-state index in [2.05, 4.69) is 4.90 Å². The predicted octanol–water partition coefficient (Wildman–Crippen LogP) is 5.14. The number of carbonyl (C=O) groups excluding carboxylic acids is 1. The summed E-state index contributed by atoms with van der Waals surface area (Å²) in [6, 6.07) is 12.0. The maximum absolute atomic E-state index is 13.6. The maximum atomic E-state index is 13.6. The highest BCUT2D eigenvalue weighted by Crippen LogP contribution is 2.34. The van der Waals surface area contributed by atoms with Gasteiger partial charge in [0.15, 0.2) is 5.13 Å². The van der Waals surface area contributed by atoms with E-state index in [-0.39, 0.29) is 23.2 Å². The van der Waals surface area contributed by atoms with Crippen LogP contribution in [0.2, 0.25) is 0 Å². The largest absolute Gasteiger partial charge is 0.494 e. The van der Waals surface area contributed by atoms with E-state index < -0.39 is 10.0 Å². The molecule has 3 rings (SSSR count). The van der Waals surface area contributed by atoms with E-state index in [1.807, 2.05) is 46.1 Å². The van der Waals surface area contributed by atoms with Gasteiger partial charge in [0.05, 0.1) is 16.7 Å². The van der Waals surface area contributed by atoms with E-state index in [0.29, 0.717) is 36.1 Å². The minimum Gasteiger partial charge on any atom is -0.494 e. The second-order valence-corrected chi connectivity index (χ2v) is 11.8. The molecule has 0 fully saturated rings. The number of fused-ring (bicyclic) bond motifs is 1. The number of rotatable bonds is 13. The standard InChI is InChI=1S/C26H36N4O4S2.ClH/c1-6-16-29(17-7-2)36(32,33)21-14-12-20(13-15-21)25(31)30(19-9-18-28(3)4)26-27-24-22(34-5)10-8-11-23(24)35-26;/h8,10-15H,6-7,9,16-19H2,1-5H3;1H. The smallest absolute Gasteiger partial charge is 0.260 e. The quantitative estimate of drug-likeness (QED) is 0.284. The molecule has 0 radical (unpaired) electrons. The van der Waals surface area contributed by atoms with Gasteiger partial charge in [-0.15, -0.1) is 12.4 Å². The topological polar surface area (TPSA) is 83.1 Å². The van der Waals surface area contributed by atoms with Crippen LogP contribution in [0.1, 0.15) is 43.5 Å². The molecule has 0 unspecified atom stereocenters. The lowest BCUT2D eigenvalue weighted by atomic mass is 10.2. The number of hydrogen-bond acceptors (Lipinski definition) is 7. The summed E-state index contributed by atoms with van der Waals surface area (Å²) >= 11 is 1.44. The summed E-state index contributed by atoms with van der Waals surface area (Å²) in [5.41, 5.74) is 1.14. The molecule has 0 atom stereocenters. The molecule has 3 aromatic rings. The molecule has 11 heteroatoms. The number of ether oxygens (including phenoxy) is 1. The van der Waals surface area contributed by atoms with Crippen LogP contribution in [0.25, 0.3) is 10.2 Å². The highest BCUT2D eigenvalue weighted by molar-refractivity contribution is 7.89. The third-order valence-corrected chi connectivity index (χ3v) is 8.70. The fraction of sp³-hybridized carbons (Fsp3) is 0.462. The van der Waals surface area contributed by atoms with E-state index in [1.54, 1.807) is 24.1 Å². The third kappa shape index (κ3) is 7.42. The van der Waals surface area contributed by atoms with Crippen molar-refractivity contribution in [1.82, 2.24) is 14.2 Å². The van der Waals surface area contributed by atoms with E-state index in [0.717, 1.165) is 36.0 Å². The molecule has 0 spiro atoms. The first-order valence-electron chi connectivity index (χ1n) is 12.2. The van der Waals surface area contributed by atoms with Crippen LogP contribution in [-0.4, -0.2) is 75.9 Å². The van der Waals surface area contributed by atoms with Crippen molar-refractivity contribution in [2.45, 2.75) is 38.0 Å². The van der Waals surface area contributed by atoms with Crippen LogP contribution >= 0.6 is 23.7 Å². The van der Waals surface area contributed by atoms with Crippen LogP contribution in [0, 0.1) is 0 Å². The summed E-state index contributed by atoms with van der Waals surface area (Å²) in [5.74, 6) is 0.448. The zero-order valence-corrected chi connectivity index (χ0v) is 24.6. The van der Waals surface area contributed by atoms with Crippen molar-refractivity contribution >= 4 is 55.0 Å². The van der Waals surface area contributed by atoms with Gasteiger partial charge in [0.2, 0.25) is 10.0 Å². The fourth-order valence-corrected chi connectivity index (χ4v) is 6.58. The third-order valence-electron chi connectivity index (χ3n) is 5.74. The molecule has 204 valence electrons. The summed E-state index contributed by atoms with van der Waals surface area (Å²) in [5, 5.41) is 0.590. The molecule has 0 saturated heterocycles. The lowest BCUT2D eigenvalue weighted by molar-refractivity contribution is 0.0986. The van der Waals surface area contributed by atoms with Crippen molar-refractivity contribution in [2.75, 3.05) is 52.3 Å². The van der Waals surface area contributed by atoms with E-state index in [4.69, 9.17) is 9.72 Å². The molecule has 0 aliphatic carbocycles. The molecule has 0 N–H and O–H groups in total. The lowest BCUT2D eigenvalue weighted by Crippen LogP contribution is -2.34. The Balaban J connectivity index is 0.00000481. The number of halogens is 1. The van der Waals surface area contributed by atoms with Crippen LogP contribution in [0.15, 0.2) is 47.4 Å². The number of sulfonamides is 1. The zero-order chi connectivity index (χ0) is 26.3. The van der Waals surface area contributed by atoms with Gasteiger partial charge >= 0.3 is 0 Å². The first-order chi connectivity index (χ1) is 17.2. The van der Waals surface area contributed by atoms with Crippen molar-refractivity contribution in [2.24, 2.45) is 0 Å². The second kappa shape index (κ2) is 14.1. The zero-order valence-electron chi connectivity index (χ0n) is 22.1. The van der Waals surface area contributed by atoms with E-state index in [1.165, 1.54) is 27.8 Å². The van der Waals surface area contributed by atoms with Gasteiger partial charge in [0.1, 0.15) is 11.3 Å². The number of carbonyl (C=O) groups is 1. The van der Waals surface area contributed by atoms with Crippen LogP contribution in [0.3, 0.4) is 0 Å². The van der Waals surface area contributed by atoms with Crippen molar-refractivity contribution in [3.8, 4) is 5.75 Å². The number of benzene rings is 2. The SMILES string of the molecule is CCCN(CCC)S(=O)(=O)c1ccc(C(=O)N(CCCN(C)C)c2nc3c(OC)cccc3s2)cc1.Cl. The van der Waals surface area contributed by atoms with Gasteiger partial charge in [-0.1, -0.05) is 31.3 Å². The Hall–Kier alpha value is -2.24. The van der Waals surface area contributed by atoms with Crippen molar-refractivity contribution in [1.29, 1.82) is 0 Å². The van der Waals surface area contributed by atoms with Crippen LogP contribution in [0.5, 0.6) is 5.75 Å². The summed E-state index contributed by atoms with van der Waals surface area (Å²) in [4.78, 5) is 22.3. The Morgan fingerprint density at radius 1 is 0.973 bits per heavy atom. The van der Waals surface area contributed by atoms with Gasteiger partial charge in [-0.2, -0.15) is 4.31 Å². The number of methoxy groups -OCH3 is 1. The molecular formula is C26H37ClN4O4S2. The minimum atomic E-state index is -3.61. The number of amides is 1. The number of aromatic nitrogens is 1. The molecule has 2 aromatic carbocycles. The summed E-state index contributed by atoms with van der Waals surface area (Å²) in [7, 11) is 1.98. The first-order valence-corrected chi connectivity index (χ1v) is 14.5. The lowest BCUT2D eigenvalue weighted by Gasteiger charge is -2.22. The second-order valence-electron chi connectivity index (χ2n) is 8.85. The van der Waals surface area contributed by atoms with Crippen LogP contribution < -0.4 is 9.64 Å². The molecule has 37 heavy (non-hydrogen) atoms. The average Bonchev–Trinajstić information content (AvgIpc) is 3.30. The number of nitrogens with zero attached hydrogens (tertiary/aromatic N) is 4. The molecule has 1 heterocycles. The van der Waals surface area contributed by atoms with Crippen molar-refractivity contribution in [3.05, 3.63) is 48.0 Å². The summed E-state index contributed by atoms with van der Waals surface area (Å²) in [6.45, 7) is 6.17. The van der Waals surface area contributed by atoms with Crippen molar-refractivity contribution < 1.29 is 17.9 Å². The molecule has 8 nitrogen and oxygen atoms in total. The molecule has 0 aliphatic rings. The Kier molecular flexibility index (Phi) is 11.8. The van der Waals surface area contributed by atoms with Crippen molar-refractivity contribution in [3.63, 3.8) is 0 Å². The predicted molar refractivity (Wildman–Crippen MR) is 154 cm³/mol. The Labute approximate surface area is 230 Å². The van der Waals surface area contributed by atoms with Gasteiger partial charge in [0, 0.05) is 25.2 Å². The average molecular weight is 569 g/mol. The Morgan fingerprint density at radius 2 is 1.62 bits per heavy atom. The molecule has 0 bridgehead atoms. The Morgan fingerprint density at radius 3 is 2.19 bits per heavy atom. The number of thiazole rings is 1. The first kappa shape index (κ1) is 31.0. The Bertz CT molecular complexity index is 1260. The number of anilines is 1. The minimum absolute atomic E-state index is 0. The number of para-hydroxylation sites is 1. The van der Waals surface area contributed by atoms with Gasteiger partial charge in [-0.25, -0.2) is 13.4 Å². The highest BCUT2D eigenvalue weighted by Gasteiger charge is 2.25. The maximum Gasteiger partial charge on any atom is 0.260 e. The van der Waals surface area contributed by atoms with Crippen LogP contribution in [-0.2, 0) is 10.0 Å². The molecule has 0 saturated carbocycles. The highest BCUT2D eigenvalue weighted by atomic mass is 35.5. The van der Waals surface area contributed by atoms with Gasteiger partial charge in [-0.3, -0.25) is 9.69 Å². The molecule has 1 aromatic heterocycles. The fourth-order valence-electron chi connectivity index (χ4n) is 3.95. The normalized spacial score (nSPS) is 11.6. The van der Waals surface area contributed by atoms with Gasteiger partial charge < -0.3 is 9.64 Å². The van der Waals surface area contributed by atoms with Crippen LogP contribution in [0.4, 0.5) is 5.13 Å². The van der Waals surface area contributed by atoms with E-state index in [9.17, 15) is 13.2 Å². The number of hydrogen-bond donors (Lipinski definition) is 0.